The SMILES string of the molecule is Cc1c(Cl)cccc1NC(=O)C[C@@H]1CCCCN1S(=O)(=O)c1cccs1. The minimum Gasteiger partial charge on any atom is -0.326 e. The van der Waals surface area contributed by atoms with Crippen LogP contribution in [0.5, 0.6) is 0 Å². The van der Waals surface area contributed by atoms with E-state index in [2.05, 4.69) is 5.32 Å². The Morgan fingerprint density at radius 3 is 2.85 bits per heavy atom. The summed E-state index contributed by atoms with van der Waals surface area (Å²) in [5.41, 5.74) is 1.46. The number of rotatable bonds is 5. The van der Waals surface area contributed by atoms with Crippen LogP contribution in [0.1, 0.15) is 31.2 Å². The Kier molecular flexibility index (Phi) is 6.02. The molecular weight excluding hydrogens is 392 g/mol. The van der Waals surface area contributed by atoms with Crippen molar-refractivity contribution >= 4 is 44.6 Å². The fourth-order valence-electron chi connectivity index (χ4n) is 3.18. The van der Waals surface area contributed by atoms with Crippen LogP contribution >= 0.6 is 22.9 Å². The minimum absolute atomic E-state index is 0.135. The van der Waals surface area contributed by atoms with E-state index in [1.54, 1.807) is 35.7 Å². The molecule has 5 nitrogen and oxygen atoms in total. The zero-order valence-corrected chi connectivity index (χ0v) is 16.8. The van der Waals surface area contributed by atoms with Gasteiger partial charge in [-0.3, -0.25) is 4.79 Å². The Balaban J connectivity index is 1.74. The molecule has 1 atom stereocenters. The van der Waals surface area contributed by atoms with Gasteiger partial charge in [0.05, 0.1) is 0 Å². The normalized spacial score (nSPS) is 18.6. The third-order valence-corrected chi connectivity index (χ3v) is 8.33. The largest absolute Gasteiger partial charge is 0.326 e. The number of benzene rings is 1. The molecule has 140 valence electrons. The highest BCUT2D eigenvalue weighted by atomic mass is 35.5. The van der Waals surface area contributed by atoms with Crippen molar-refractivity contribution in [3.8, 4) is 0 Å². The van der Waals surface area contributed by atoms with Crippen molar-refractivity contribution < 1.29 is 13.2 Å². The Bertz CT molecular complexity index is 882. The van der Waals surface area contributed by atoms with E-state index in [1.165, 1.54) is 15.6 Å². The van der Waals surface area contributed by atoms with Crippen molar-refractivity contribution in [2.24, 2.45) is 0 Å². The number of carbonyl (C=O) groups excluding carboxylic acids is 1. The number of nitrogens with one attached hydrogen (secondary N) is 1. The first-order valence-electron chi connectivity index (χ1n) is 8.50. The molecule has 2 aromatic rings. The zero-order valence-electron chi connectivity index (χ0n) is 14.4. The van der Waals surface area contributed by atoms with E-state index < -0.39 is 10.0 Å². The molecular formula is C18H21ClN2O3S2. The lowest BCUT2D eigenvalue weighted by Crippen LogP contribution is -2.45. The Morgan fingerprint density at radius 2 is 2.12 bits per heavy atom. The Hall–Kier alpha value is -1.41. The van der Waals surface area contributed by atoms with Crippen molar-refractivity contribution in [2.75, 3.05) is 11.9 Å². The van der Waals surface area contributed by atoms with E-state index in [0.29, 0.717) is 27.9 Å². The van der Waals surface area contributed by atoms with Crippen LogP contribution in [-0.4, -0.2) is 31.2 Å². The fraction of sp³-hybridized carbons (Fsp3) is 0.389. The number of sulfonamides is 1. The molecule has 1 saturated heterocycles. The molecule has 26 heavy (non-hydrogen) atoms. The van der Waals surface area contributed by atoms with Gasteiger partial charge >= 0.3 is 0 Å². The summed E-state index contributed by atoms with van der Waals surface area (Å²) >= 11 is 7.30. The topological polar surface area (TPSA) is 66.5 Å². The first-order valence-corrected chi connectivity index (χ1v) is 11.2. The number of hydrogen-bond acceptors (Lipinski definition) is 4. The number of piperidine rings is 1. The first-order chi connectivity index (χ1) is 12.4. The molecule has 0 saturated carbocycles. The maximum atomic E-state index is 12.9. The monoisotopic (exact) mass is 412 g/mol. The van der Waals surface area contributed by atoms with Gasteiger partial charge in [0, 0.05) is 29.7 Å². The molecule has 1 amide bonds. The minimum atomic E-state index is -3.55. The lowest BCUT2D eigenvalue weighted by atomic mass is 10.0. The lowest BCUT2D eigenvalue weighted by molar-refractivity contribution is -0.117. The number of anilines is 1. The highest BCUT2D eigenvalue weighted by Gasteiger charge is 2.35. The van der Waals surface area contributed by atoms with Crippen LogP contribution in [0, 0.1) is 6.92 Å². The van der Waals surface area contributed by atoms with Gasteiger partial charge in [-0.25, -0.2) is 8.42 Å². The number of amides is 1. The van der Waals surface area contributed by atoms with Crippen LogP contribution < -0.4 is 5.32 Å². The van der Waals surface area contributed by atoms with E-state index in [-0.39, 0.29) is 18.4 Å². The Morgan fingerprint density at radius 1 is 1.31 bits per heavy atom. The van der Waals surface area contributed by atoms with Gasteiger partial charge in [-0.15, -0.1) is 11.3 Å². The van der Waals surface area contributed by atoms with Gasteiger partial charge in [0.15, 0.2) is 0 Å². The van der Waals surface area contributed by atoms with Crippen molar-refractivity contribution in [3.63, 3.8) is 0 Å². The predicted molar refractivity (Wildman–Crippen MR) is 105 cm³/mol. The number of hydrogen-bond donors (Lipinski definition) is 1. The molecule has 8 heteroatoms. The molecule has 1 N–H and O–H groups in total. The fourth-order valence-corrected chi connectivity index (χ4v) is 6.17. The van der Waals surface area contributed by atoms with Crippen molar-refractivity contribution in [2.45, 2.75) is 42.9 Å². The Labute approximate surface area is 163 Å². The summed E-state index contributed by atoms with van der Waals surface area (Å²) < 4.78 is 27.6. The highest BCUT2D eigenvalue weighted by Crippen LogP contribution is 2.30. The van der Waals surface area contributed by atoms with Gasteiger partial charge in [-0.1, -0.05) is 30.2 Å². The molecule has 0 unspecified atom stereocenters. The van der Waals surface area contributed by atoms with Gasteiger partial charge in [-0.2, -0.15) is 4.31 Å². The predicted octanol–water partition coefficient (Wildman–Crippen LogP) is 4.28. The summed E-state index contributed by atoms with van der Waals surface area (Å²) in [6.07, 6.45) is 2.56. The van der Waals surface area contributed by atoms with Crippen LogP contribution in [0.3, 0.4) is 0 Å². The van der Waals surface area contributed by atoms with Gasteiger partial charge in [-0.05, 0) is 48.9 Å². The first kappa shape index (κ1) is 19.4. The van der Waals surface area contributed by atoms with Crippen LogP contribution in [-0.2, 0) is 14.8 Å². The second-order valence-corrected chi connectivity index (χ2v) is 9.83. The second kappa shape index (κ2) is 8.08. The van der Waals surface area contributed by atoms with E-state index in [9.17, 15) is 13.2 Å². The van der Waals surface area contributed by atoms with Crippen LogP contribution in [0.4, 0.5) is 5.69 Å². The number of halogens is 1. The molecule has 3 rings (SSSR count). The van der Waals surface area contributed by atoms with Gasteiger partial charge in [0.1, 0.15) is 4.21 Å². The number of carbonyl (C=O) groups is 1. The van der Waals surface area contributed by atoms with Crippen LogP contribution in [0.25, 0.3) is 0 Å². The molecule has 0 aliphatic carbocycles. The van der Waals surface area contributed by atoms with E-state index in [1.807, 2.05) is 6.92 Å². The lowest BCUT2D eigenvalue weighted by Gasteiger charge is -2.34. The van der Waals surface area contributed by atoms with Crippen molar-refractivity contribution in [1.29, 1.82) is 0 Å². The molecule has 1 fully saturated rings. The van der Waals surface area contributed by atoms with Crippen molar-refractivity contribution in [3.05, 3.63) is 46.3 Å². The van der Waals surface area contributed by atoms with E-state index >= 15 is 0 Å². The quantitative estimate of drug-likeness (QED) is 0.796. The standard InChI is InChI=1S/C18H21ClN2O3S2/c1-13-15(19)7-4-8-16(13)20-17(22)12-14-6-2-3-10-21(14)26(23,24)18-9-5-11-25-18/h4-5,7-9,11,14H,2-3,6,10,12H2,1H3,(H,20,22)/t14-/m0/s1. The van der Waals surface area contributed by atoms with Gasteiger partial charge < -0.3 is 5.32 Å². The summed E-state index contributed by atoms with van der Waals surface area (Å²) in [6, 6.07) is 8.35. The zero-order chi connectivity index (χ0) is 18.7. The van der Waals surface area contributed by atoms with Gasteiger partial charge in [0.25, 0.3) is 10.0 Å². The molecule has 0 bridgehead atoms. The van der Waals surface area contributed by atoms with E-state index in [0.717, 1.165) is 18.4 Å². The molecule has 2 heterocycles. The maximum Gasteiger partial charge on any atom is 0.252 e. The summed E-state index contributed by atoms with van der Waals surface area (Å²) in [5, 5.41) is 5.20. The number of thiophene rings is 1. The van der Waals surface area contributed by atoms with Gasteiger partial charge in [0.2, 0.25) is 5.91 Å². The molecule has 1 aromatic heterocycles. The molecule has 1 aromatic carbocycles. The summed E-state index contributed by atoms with van der Waals surface area (Å²) in [5.74, 6) is -0.200. The molecule has 1 aliphatic heterocycles. The maximum absolute atomic E-state index is 12.9. The average molecular weight is 413 g/mol. The molecule has 0 radical (unpaired) electrons. The summed E-state index contributed by atoms with van der Waals surface area (Å²) in [4.78, 5) is 12.5. The summed E-state index contributed by atoms with van der Waals surface area (Å²) in [6.45, 7) is 2.29. The third kappa shape index (κ3) is 4.11. The van der Waals surface area contributed by atoms with E-state index in [4.69, 9.17) is 11.6 Å². The van der Waals surface area contributed by atoms with Crippen LogP contribution in [0.2, 0.25) is 5.02 Å². The average Bonchev–Trinajstić information content (AvgIpc) is 3.15. The molecule has 1 aliphatic rings. The third-order valence-electron chi connectivity index (χ3n) is 4.59. The van der Waals surface area contributed by atoms with Crippen LogP contribution in [0.15, 0.2) is 39.9 Å². The number of nitrogens with zero attached hydrogens (tertiary/aromatic N) is 1. The van der Waals surface area contributed by atoms with Crippen molar-refractivity contribution in [1.82, 2.24) is 4.31 Å². The summed E-state index contributed by atoms with van der Waals surface area (Å²) in [7, 11) is -3.55. The highest BCUT2D eigenvalue weighted by molar-refractivity contribution is 7.91. The molecule has 0 spiro atoms. The second-order valence-electron chi connectivity index (χ2n) is 6.36. The smallest absolute Gasteiger partial charge is 0.252 e.